The van der Waals surface area contributed by atoms with E-state index in [9.17, 15) is 4.79 Å². The number of esters is 1. The van der Waals surface area contributed by atoms with Gasteiger partial charge >= 0.3 is 5.97 Å². The first-order chi connectivity index (χ1) is 8.31. The van der Waals surface area contributed by atoms with Crippen molar-refractivity contribution in [1.82, 2.24) is 0 Å². The Kier molecular flexibility index (Phi) is 4.18. The quantitative estimate of drug-likeness (QED) is 0.740. The molecule has 1 heterocycles. The van der Waals surface area contributed by atoms with Gasteiger partial charge in [-0.15, -0.1) is 0 Å². The lowest BCUT2D eigenvalue weighted by molar-refractivity contribution is -0.156. The SMILES string of the molecule is CCCCC1CCC(c2ccccc2)C(=O)O1. The first-order valence-electron chi connectivity index (χ1n) is 6.56. The monoisotopic (exact) mass is 232 g/mol. The summed E-state index contributed by atoms with van der Waals surface area (Å²) in [6.07, 6.45) is 5.42. The summed E-state index contributed by atoms with van der Waals surface area (Å²) in [5.74, 6) is -0.0855. The third kappa shape index (κ3) is 3.09. The maximum Gasteiger partial charge on any atom is 0.313 e. The van der Waals surface area contributed by atoms with Crippen LogP contribution in [0.4, 0.5) is 0 Å². The molecule has 92 valence electrons. The van der Waals surface area contributed by atoms with Gasteiger partial charge in [-0.3, -0.25) is 4.79 Å². The topological polar surface area (TPSA) is 26.3 Å². The smallest absolute Gasteiger partial charge is 0.313 e. The highest BCUT2D eigenvalue weighted by Gasteiger charge is 2.30. The molecule has 17 heavy (non-hydrogen) atoms. The van der Waals surface area contributed by atoms with Crippen molar-refractivity contribution in [2.24, 2.45) is 0 Å². The summed E-state index contributed by atoms with van der Waals surface area (Å²) in [4.78, 5) is 11.9. The Balaban J connectivity index is 1.95. The van der Waals surface area contributed by atoms with Gasteiger partial charge in [0.15, 0.2) is 0 Å². The Morgan fingerprint density at radius 3 is 2.65 bits per heavy atom. The summed E-state index contributed by atoms with van der Waals surface area (Å²) in [5.41, 5.74) is 1.09. The van der Waals surface area contributed by atoms with Gasteiger partial charge in [-0.1, -0.05) is 50.1 Å². The van der Waals surface area contributed by atoms with Gasteiger partial charge in [-0.25, -0.2) is 0 Å². The fraction of sp³-hybridized carbons (Fsp3) is 0.533. The van der Waals surface area contributed by atoms with Crippen LogP contribution in [0.3, 0.4) is 0 Å². The fourth-order valence-electron chi connectivity index (χ4n) is 2.40. The minimum absolute atomic E-state index is 0.0384. The number of hydrogen-bond donors (Lipinski definition) is 0. The van der Waals surface area contributed by atoms with E-state index in [1.807, 2.05) is 30.3 Å². The van der Waals surface area contributed by atoms with Crippen LogP contribution in [0.2, 0.25) is 0 Å². The number of unbranched alkanes of at least 4 members (excludes halogenated alkanes) is 1. The van der Waals surface area contributed by atoms with E-state index < -0.39 is 0 Å². The highest BCUT2D eigenvalue weighted by atomic mass is 16.5. The van der Waals surface area contributed by atoms with Gasteiger partial charge in [-0.05, 0) is 24.8 Å². The molecule has 2 heteroatoms. The molecule has 0 bridgehead atoms. The Bertz CT molecular complexity index is 358. The van der Waals surface area contributed by atoms with Crippen LogP contribution in [-0.2, 0) is 9.53 Å². The highest BCUT2D eigenvalue weighted by molar-refractivity contribution is 5.78. The zero-order chi connectivity index (χ0) is 12.1. The molecule has 1 saturated heterocycles. The van der Waals surface area contributed by atoms with E-state index in [4.69, 9.17) is 4.74 Å². The molecule has 0 saturated carbocycles. The minimum Gasteiger partial charge on any atom is -0.462 e. The maximum atomic E-state index is 11.9. The summed E-state index contributed by atoms with van der Waals surface area (Å²) >= 11 is 0. The van der Waals surface area contributed by atoms with Crippen molar-refractivity contribution >= 4 is 5.97 Å². The normalized spacial score (nSPS) is 24.4. The van der Waals surface area contributed by atoms with E-state index >= 15 is 0 Å². The van der Waals surface area contributed by atoms with Crippen molar-refractivity contribution in [3.63, 3.8) is 0 Å². The van der Waals surface area contributed by atoms with Crippen molar-refractivity contribution < 1.29 is 9.53 Å². The van der Waals surface area contributed by atoms with Gasteiger partial charge in [0.2, 0.25) is 0 Å². The van der Waals surface area contributed by atoms with E-state index in [0.717, 1.165) is 37.7 Å². The zero-order valence-corrected chi connectivity index (χ0v) is 10.4. The van der Waals surface area contributed by atoms with Crippen LogP contribution in [-0.4, -0.2) is 12.1 Å². The number of hydrogen-bond acceptors (Lipinski definition) is 2. The molecule has 0 aromatic heterocycles. The van der Waals surface area contributed by atoms with E-state index in [1.165, 1.54) is 0 Å². The Morgan fingerprint density at radius 1 is 1.24 bits per heavy atom. The van der Waals surface area contributed by atoms with Gasteiger partial charge in [0.25, 0.3) is 0 Å². The number of ether oxygens (including phenoxy) is 1. The maximum absolute atomic E-state index is 11.9. The largest absolute Gasteiger partial charge is 0.462 e. The summed E-state index contributed by atoms with van der Waals surface area (Å²) in [5, 5.41) is 0. The standard InChI is InChI=1S/C15H20O2/c1-2-3-9-13-10-11-14(15(16)17-13)12-7-5-4-6-8-12/h4-8,13-14H,2-3,9-11H2,1H3. The van der Waals surface area contributed by atoms with Crippen LogP contribution in [0.1, 0.15) is 50.5 Å². The van der Waals surface area contributed by atoms with Crippen LogP contribution >= 0.6 is 0 Å². The van der Waals surface area contributed by atoms with Crippen LogP contribution in [0.25, 0.3) is 0 Å². The van der Waals surface area contributed by atoms with Crippen LogP contribution in [0.5, 0.6) is 0 Å². The van der Waals surface area contributed by atoms with E-state index in [-0.39, 0.29) is 18.0 Å². The van der Waals surface area contributed by atoms with E-state index in [0.29, 0.717) is 0 Å². The first-order valence-corrected chi connectivity index (χ1v) is 6.56. The Morgan fingerprint density at radius 2 is 2.00 bits per heavy atom. The first kappa shape index (κ1) is 12.2. The minimum atomic E-state index is -0.0472. The molecule has 0 amide bonds. The third-order valence-electron chi connectivity index (χ3n) is 3.43. The van der Waals surface area contributed by atoms with Crippen molar-refractivity contribution in [2.45, 2.75) is 51.0 Å². The number of rotatable bonds is 4. The van der Waals surface area contributed by atoms with Crippen molar-refractivity contribution in [3.05, 3.63) is 35.9 Å². The molecule has 1 aliphatic rings. The zero-order valence-electron chi connectivity index (χ0n) is 10.4. The number of carbonyl (C=O) groups is 1. The van der Waals surface area contributed by atoms with Gasteiger partial charge in [0.1, 0.15) is 6.10 Å². The van der Waals surface area contributed by atoms with E-state index in [2.05, 4.69) is 6.92 Å². The molecule has 2 nitrogen and oxygen atoms in total. The molecule has 2 unspecified atom stereocenters. The lowest BCUT2D eigenvalue weighted by atomic mass is 9.89. The predicted molar refractivity (Wildman–Crippen MR) is 67.8 cm³/mol. The average molecular weight is 232 g/mol. The van der Waals surface area contributed by atoms with E-state index in [1.54, 1.807) is 0 Å². The van der Waals surface area contributed by atoms with Gasteiger partial charge < -0.3 is 4.74 Å². The number of carbonyl (C=O) groups excluding carboxylic acids is 1. The Labute approximate surface area is 103 Å². The highest BCUT2D eigenvalue weighted by Crippen LogP contribution is 2.30. The van der Waals surface area contributed by atoms with Crippen LogP contribution in [0, 0.1) is 0 Å². The molecule has 1 aromatic rings. The molecular weight excluding hydrogens is 212 g/mol. The van der Waals surface area contributed by atoms with Crippen molar-refractivity contribution in [3.8, 4) is 0 Å². The molecule has 0 aliphatic carbocycles. The fourth-order valence-corrected chi connectivity index (χ4v) is 2.40. The lowest BCUT2D eigenvalue weighted by Gasteiger charge is -2.28. The Hall–Kier alpha value is -1.31. The molecule has 1 aromatic carbocycles. The van der Waals surface area contributed by atoms with Gasteiger partial charge in [0.05, 0.1) is 5.92 Å². The molecule has 0 radical (unpaired) electrons. The summed E-state index contributed by atoms with van der Waals surface area (Å²) in [7, 11) is 0. The molecular formula is C15H20O2. The average Bonchev–Trinajstić information content (AvgIpc) is 2.37. The van der Waals surface area contributed by atoms with Gasteiger partial charge in [0, 0.05) is 0 Å². The number of benzene rings is 1. The summed E-state index contributed by atoms with van der Waals surface area (Å²) in [6, 6.07) is 9.95. The second kappa shape index (κ2) is 5.85. The third-order valence-corrected chi connectivity index (χ3v) is 3.43. The van der Waals surface area contributed by atoms with Crippen LogP contribution in [0.15, 0.2) is 30.3 Å². The predicted octanol–water partition coefficient (Wildman–Crippen LogP) is 3.67. The second-order valence-corrected chi connectivity index (χ2v) is 4.74. The molecule has 2 rings (SSSR count). The summed E-state index contributed by atoms with van der Waals surface area (Å²) < 4.78 is 5.52. The molecule has 1 aliphatic heterocycles. The molecule has 0 N–H and O–H groups in total. The van der Waals surface area contributed by atoms with Crippen molar-refractivity contribution in [2.75, 3.05) is 0 Å². The summed E-state index contributed by atoms with van der Waals surface area (Å²) in [6.45, 7) is 2.16. The van der Waals surface area contributed by atoms with Gasteiger partial charge in [-0.2, -0.15) is 0 Å². The van der Waals surface area contributed by atoms with Crippen molar-refractivity contribution in [1.29, 1.82) is 0 Å². The lowest BCUT2D eigenvalue weighted by Crippen LogP contribution is -2.29. The molecule has 2 atom stereocenters. The number of cyclic esters (lactones) is 1. The second-order valence-electron chi connectivity index (χ2n) is 4.74. The molecule has 1 fully saturated rings. The van der Waals surface area contributed by atoms with Crippen LogP contribution < -0.4 is 0 Å². The molecule has 0 spiro atoms.